The summed E-state index contributed by atoms with van der Waals surface area (Å²) in [6.45, 7) is 6.13. The number of amides is 2. The highest BCUT2D eigenvalue weighted by molar-refractivity contribution is 9.09. The number of carbonyl (C=O) groups excluding carboxylic acids is 2. The molecule has 164 valence electrons. The molecule has 2 aromatic carbocycles. The number of hydrogen-bond donors (Lipinski definition) is 3. The molecule has 0 spiro atoms. The number of fused-ring (bicyclic) bond motifs is 2. The van der Waals surface area contributed by atoms with Crippen LogP contribution in [0.4, 0.5) is 0 Å². The van der Waals surface area contributed by atoms with E-state index in [0.717, 1.165) is 32.7 Å². The second kappa shape index (κ2) is 8.76. The van der Waals surface area contributed by atoms with Crippen LogP contribution in [0.3, 0.4) is 0 Å². The Labute approximate surface area is 194 Å². The molecular formula is C25H25BrN4O2. The van der Waals surface area contributed by atoms with Crippen LogP contribution in [-0.2, 0) is 9.59 Å². The predicted molar refractivity (Wildman–Crippen MR) is 133 cm³/mol. The van der Waals surface area contributed by atoms with Gasteiger partial charge in [-0.05, 0) is 22.9 Å². The van der Waals surface area contributed by atoms with Crippen molar-refractivity contribution in [1.29, 1.82) is 0 Å². The standard InChI is InChI=1S/C23H19BrN4O2.C2H6/c1-12(10-24)14-5-3-6-15-17(11-27-21(14)15)19-18(22(29)28(25)23(19)30)16-7-2-4-13-8-9-26-20(13)16;1-2/h2-9,11-12,26-27H,10,25H2,1H3;1-2H3. The highest BCUT2D eigenvalue weighted by Gasteiger charge is 2.39. The first-order valence-corrected chi connectivity index (χ1v) is 11.8. The minimum absolute atomic E-state index is 0.285. The van der Waals surface area contributed by atoms with Crippen LogP contribution in [0, 0.1) is 0 Å². The molecule has 0 bridgehead atoms. The Morgan fingerprint density at radius 3 is 2.34 bits per heavy atom. The van der Waals surface area contributed by atoms with Crippen LogP contribution in [0.2, 0.25) is 0 Å². The lowest BCUT2D eigenvalue weighted by Gasteiger charge is -2.10. The van der Waals surface area contributed by atoms with Gasteiger partial charge < -0.3 is 9.97 Å². The molecule has 0 aliphatic carbocycles. The molecule has 1 atom stereocenters. The summed E-state index contributed by atoms with van der Waals surface area (Å²) in [7, 11) is 0. The topological polar surface area (TPSA) is 95.0 Å². The molecule has 5 rings (SSSR count). The third-order valence-corrected chi connectivity index (χ3v) is 6.72. The van der Waals surface area contributed by atoms with Crippen LogP contribution < -0.4 is 5.84 Å². The number of nitrogens with one attached hydrogen (secondary N) is 2. The Balaban J connectivity index is 0.00000119. The van der Waals surface area contributed by atoms with Crippen molar-refractivity contribution < 1.29 is 9.59 Å². The molecule has 2 amide bonds. The molecule has 0 saturated heterocycles. The number of carbonyl (C=O) groups is 2. The summed E-state index contributed by atoms with van der Waals surface area (Å²) in [6, 6.07) is 13.6. The molecule has 0 saturated carbocycles. The number of imide groups is 1. The van der Waals surface area contributed by atoms with Crippen molar-refractivity contribution in [2.75, 3.05) is 5.33 Å². The number of aromatic amines is 2. The Morgan fingerprint density at radius 1 is 0.938 bits per heavy atom. The van der Waals surface area contributed by atoms with E-state index in [4.69, 9.17) is 5.84 Å². The van der Waals surface area contributed by atoms with Crippen LogP contribution in [-0.4, -0.2) is 32.1 Å². The van der Waals surface area contributed by atoms with E-state index in [9.17, 15) is 9.59 Å². The molecule has 1 aliphatic heterocycles. The van der Waals surface area contributed by atoms with Gasteiger partial charge in [-0.2, -0.15) is 0 Å². The summed E-state index contributed by atoms with van der Waals surface area (Å²) in [5, 5.41) is 3.37. The number of alkyl halides is 1. The predicted octanol–water partition coefficient (Wildman–Crippen LogP) is 5.33. The maximum absolute atomic E-state index is 13.1. The molecule has 32 heavy (non-hydrogen) atoms. The number of H-pyrrole nitrogens is 2. The highest BCUT2D eigenvalue weighted by atomic mass is 79.9. The van der Waals surface area contributed by atoms with E-state index in [1.807, 2.05) is 56.4 Å². The number of rotatable bonds is 4. The third kappa shape index (κ3) is 3.29. The van der Waals surface area contributed by atoms with Gasteiger partial charge in [-0.3, -0.25) is 9.59 Å². The SMILES string of the molecule is CC.CC(CBr)c1cccc2c(C3=C(c4cccc5cc[nH]c45)C(=O)N(N)C3=O)c[nH]c12. The molecule has 2 aromatic heterocycles. The first-order chi connectivity index (χ1) is 15.5. The zero-order valence-electron chi connectivity index (χ0n) is 18.2. The van der Waals surface area contributed by atoms with Crippen molar-refractivity contribution in [3.63, 3.8) is 0 Å². The summed E-state index contributed by atoms with van der Waals surface area (Å²) < 4.78 is 0. The van der Waals surface area contributed by atoms with E-state index in [2.05, 4.69) is 38.9 Å². The lowest BCUT2D eigenvalue weighted by Crippen LogP contribution is -2.37. The second-order valence-electron chi connectivity index (χ2n) is 7.51. The van der Waals surface area contributed by atoms with Crippen molar-refractivity contribution in [3.05, 3.63) is 71.5 Å². The van der Waals surface area contributed by atoms with E-state index in [1.165, 1.54) is 0 Å². The number of nitrogens with zero attached hydrogens (tertiary/aromatic N) is 1. The van der Waals surface area contributed by atoms with Crippen molar-refractivity contribution in [3.8, 4) is 0 Å². The maximum atomic E-state index is 13.1. The van der Waals surface area contributed by atoms with Crippen LogP contribution in [0.15, 0.2) is 54.9 Å². The third-order valence-electron chi connectivity index (χ3n) is 5.75. The van der Waals surface area contributed by atoms with E-state index < -0.39 is 11.8 Å². The average molecular weight is 493 g/mol. The van der Waals surface area contributed by atoms with Gasteiger partial charge in [0.05, 0.1) is 16.7 Å². The van der Waals surface area contributed by atoms with Gasteiger partial charge in [-0.1, -0.05) is 73.1 Å². The fourth-order valence-electron chi connectivity index (χ4n) is 4.22. The van der Waals surface area contributed by atoms with Crippen molar-refractivity contribution in [2.45, 2.75) is 26.7 Å². The Hall–Kier alpha value is -3.16. The normalized spacial score (nSPS) is 15.0. The van der Waals surface area contributed by atoms with Gasteiger partial charge in [0.25, 0.3) is 11.8 Å². The van der Waals surface area contributed by atoms with Gasteiger partial charge in [-0.25, -0.2) is 10.9 Å². The van der Waals surface area contributed by atoms with Gasteiger partial charge in [0.2, 0.25) is 0 Å². The summed E-state index contributed by atoms with van der Waals surface area (Å²) in [5.74, 6) is 5.16. The number of hydrogen-bond acceptors (Lipinski definition) is 3. The van der Waals surface area contributed by atoms with E-state index in [1.54, 1.807) is 6.20 Å². The van der Waals surface area contributed by atoms with Gasteiger partial charge in [0, 0.05) is 39.8 Å². The average Bonchev–Trinajstić information content (AvgIpc) is 3.53. The van der Waals surface area contributed by atoms with Crippen LogP contribution in [0.5, 0.6) is 0 Å². The number of benzene rings is 2. The van der Waals surface area contributed by atoms with Crippen molar-refractivity contribution >= 4 is 60.7 Å². The van der Waals surface area contributed by atoms with Gasteiger partial charge >= 0.3 is 0 Å². The van der Waals surface area contributed by atoms with Crippen LogP contribution in [0.1, 0.15) is 43.4 Å². The number of aromatic nitrogens is 2. The minimum Gasteiger partial charge on any atom is -0.361 e. The molecule has 1 unspecified atom stereocenters. The first kappa shape index (κ1) is 22.0. The van der Waals surface area contributed by atoms with Crippen LogP contribution in [0.25, 0.3) is 33.0 Å². The fraction of sp³-hybridized carbons (Fsp3) is 0.200. The maximum Gasteiger partial charge on any atom is 0.276 e. The number of nitrogens with two attached hydrogens (primary N) is 1. The summed E-state index contributed by atoms with van der Waals surface area (Å²) in [5.41, 5.74) is 4.88. The lowest BCUT2D eigenvalue weighted by atomic mass is 9.93. The zero-order chi connectivity index (χ0) is 23.0. The quantitative estimate of drug-likeness (QED) is 0.155. The molecule has 0 fully saturated rings. The molecule has 4 aromatic rings. The minimum atomic E-state index is -0.503. The van der Waals surface area contributed by atoms with Gasteiger partial charge in [-0.15, -0.1) is 0 Å². The Bertz CT molecular complexity index is 1360. The molecule has 0 radical (unpaired) electrons. The summed E-state index contributed by atoms with van der Waals surface area (Å²) >= 11 is 3.55. The van der Waals surface area contributed by atoms with E-state index >= 15 is 0 Å². The Kier molecular flexibility index (Phi) is 6.04. The Morgan fingerprint density at radius 2 is 1.62 bits per heavy atom. The lowest BCUT2D eigenvalue weighted by molar-refractivity contribution is -0.136. The number of para-hydroxylation sites is 2. The fourth-order valence-corrected chi connectivity index (χ4v) is 4.57. The molecule has 4 N–H and O–H groups in total. The monoisotopic (exact) mass is 492 g/mol. The summed E-state index contributed by atoms with van der Waals surface area (Å²) in [6.07, 6.45) is 3.61. The van der Waals surface area contributed by atoms with Gasteiger partial charge in [0.15, 0.2) is 0 Å². The number of halogens is 1. The highest BCUT2D eigenvalue weighted by Crippen LogP contribution is 2.40. The largest absolute Gasteiger partial charge is 0.361 e. The molecule has 6 nitrogen and oxygen atoms in total. The van der Waals surface area contributed by atoms with E-state index in [-0.39, 0.29) is 5.92 Å². The van der Waals surface area contributed by atoms with Crippen LogP contribution >= 0.6 is 15.9 Å². The summed E-state index contributed by atoms with van der Waals surface area (Å²) in [4.78, 5) is 32.6. The van der Waals surface area contributed by atoms with Crippen molar-refractivity contribution in [1.82, 2.24) is 15.0 Å². The van der Waals surface area contributed by atoms with Gasteiger partial charge in [0.1, 0.15) is 0 Å². The zero-order valence-corrected chi connectivity index (χ0v) is 19.8. The first-order valence-electron chi connectivity index (χ1n) is 10.6. The molecule has 7 heteroatoms. The molecule has 1 aliphatic rings. The molecule has 3 heterocycles. The van der Waals surface area contributed by atoms with Crippen molar-refractivity contribution in [2.24, 2.45) is 5.84 Å². The van der Waals surface area contributed by atoms with E-state index in [0.29, 0.717) is 27.3 Å². The molecular weight excluding hydrogens is 468 g/mol. The second-order valence-corrected chi connectivity index (χ2v) is 8.15. The smallest absolute Gasteiger partial charge is 0.276 e. The number of hydrazine groups is 1.